The molecule has 8 rings (SSSR count). The molecule has 3 aromatic heterocycles. The summed E-state index contributed by atoms with van der Waals surface area (Å²) in [6, 6.07) is 13.3. The molecule has 0 amide bonds. The molecule has 0 spiro atoms. The highest BCUT2D eigenvalue weighted by atomic mass is 32.7. The molecule has 2 bridgehead atoms. The van der Waals surface area contributed by atoms with Crippen molar-refractivity contribution < 1.29 is 64.6 Å². The molecule has 3 aliphatic rings. The number of carbonyl (C=O) groups is 1. The van der Waals surface area contributed by atoms with Crippen LogP contribution in [0.4, 0.5) is 14.6 Å². The number of fused-ring (bicyclic) bond motifs is 4. The van der Waals surface area contributed by atoms with Gasteiger partial charge in [0, 0.05) is 18.0 Å². The van der Waals surface area contributed by atoms with E-state index >= 15 is 8.78 Å². The summed E-state index contributed by atoms with van der Waals surface area (Å²) in [4.78, 5) is 62.2. The van der Waals surface area contributed by atoms with Crippen molar-refractivity contribution in [3.05, 3.63) is 105 Å². The first-order chi connectivity index (χ1) is 28.7. The molecule has 3 aliphatic heterocycles. The van der Waals surface area contributed by atoms with Crippen LogP contribution in [0.1, 0.15) is 28.4 Å². The van der Waals surface area contributed by atoms with E-state index in [0.29, 0.717) is 22.7 Å². The zero-order chi connectivity index (χ0) is 42.3. The molecule has 0 radical (unpaired) electrons. The minimum absolute atomic E-state index is 0.0210. The lowest BCUT2D eigenvalue weighted by Crippen LogP contribution is -2.37. The number of aromatic nitrogens is 6. The van der Waals surface area contributed by atoms with Crippen molar-refractivity contribution in [2.75, 3.05) is 26.1 Å². The lowest BCUT2D eigenvalue weighted by molar-refractivity contribution is -0.0635. The second kappa shape index (κ2) is 16.9. The lowest BCUT2D eigenvalue weighted by atomic mass is 10.1. The van der Waals surface area contributed by atoms with Gasteiger partial charge in [-0.05, 0) is 53.3 Å². The Morgan fingerprint density at radius 1 is 0.917 bits per heavy atom. The zero-order valence-corrected chi connectivity index (χ0v) is 33.4. The summed E-state index contributed by atoms with van der Waals surface area (Å²) in [5.41, 5.74) is 4.97. The Balaban J connectivity index is 1.08. The highest BCUT2D eigenvalue weighted by molar-refractivity contribution is 8.54. The molecule has 3 fully saturated rings. The molecular weight excluding hydrogens is 862 g/mol. The number of aromatic amines is 1. The SMILES string of the molecule is COc1ccc(C(=O)Oc2ccc(CSP3(=O)OC[C@H]4O[C@@H](n5cnc6c(N)ncnc65)[C@H](F)[C@@H]4OP(=O)(O)OC[C@H]4O[C@@H](n5ccc(=O)[nH]c5=O)[C@H](O3)[C@@H]4F)cc2)cc1. The molecule has 5 aromatic rings. The average Bonchev–Trinajstić information content (AvgIpc) is 3.89. The second-order valence-corrected chi connectivity index (χ2v) is 18.7. The van der Waals surface area contributed by atoms with Gasteiger partial charge in [-0.25, -0.2) is 42.5 Å². The predicted molar refractivity (Wildman–Crippen MR) is 203 cm³/mol. The number of H-pyrrole nitrogens is 1. The van der Waals surface area contributed by atoms with Crippen molar-refractivity contribution >= 4 is 49.0 Å². The summed E-state index contributed by atoms with van der Waals surface area (Å²) in [7, 11) is -3.77. The fraction of sp³-hybridized carbons (Fsp3) is 0.353. The Labute approximate surface area is 339 Å². The number of phosphoric ester groups is 1. The normalized spacial score (nSPS) is 30.8. The summed E-state index contributed by atoms with van der Waals surface area (Å²) >= 11 is 0.562. The number of nitrogen functional groups attached to an aromatic ring is 1. The maximum atomic E-state index is 16.4. The molecule has 0 aliphatic carbocycles. The number of nitrogens with two attached hydrogens (primary N) is 1. The Kier molecular flexibility index (Phi) is 11.8. The van der Waals surface area contributed by atoms with E-state index in [1.54, 1.807) is 24.3 Å². The largest absolute Gasteiger partial charge is 0.497 e. The van der Waals surface area contributed by atoms with Gasteiger partial charge in [0.15, 0.2) is 36.3 Å². The highest BCUT2D eigenvalue weighted by Crippen LogP contribution is 2.65. The minimum Gasteiger partial charge on any atom is -0.497 e. The number of nitrogens with zero attached hydrogens (tertiary/aromatic N) is 5. The third-order valence-corrected chi connectivity index (χ3v) is 14.1. The summed E-state index contributed by atoms with van der Waals surface area (Å²) < 4.78 is 107. The topological polar surface area (TPSA) is 270 Å². The van der Waals surface area contributed by atoms with Gasteiger partial charge in [-0.3, -0.25) is 37.0 Å². The molecule has 318 valence electrons. The van der Waals surface area contributed by atoms with Crippen LogP contribution in [-0.2, 0) is 42.5 Å². The third-order valence-electron chi connectivity index (χ3n) is 9.47. The van der Waals surface area contributed by atoms with Crippen LogP contribution in [0.25, 0.3) is 11.2 Å². The van der Waals surface area contributed by atoms with Crippen LogP contribution < -0.4 is 26.5 Å². The van der Waals surface area contributed by atoms with E-state index in [-0.39, 0.29) is 34.0 Å². The molecule has 3 saturated heterocycles. The van der Waals surface area contributed by atoms with Crippen LogP contribution in [0.2, 0.25) is 0 Å². The van der Waals surface area contributed by atoms with Gasteiger partial charge in [-0.15, -0.1) is 0 Å². The molecular formula is C34H33F2N7O14P2S. The molecule has 2 unspecified atom stereocenters. The van der Waals surface area contributed by atoms with Gasteiger partial charge >= 0.3 is 26.3 Å². The number of methoxy groups -OCH3 is 1. The molecule has 60 heavy (non-hydrogen) atoms. The first-order valence-corrected chi connectivity index (χ1v) is 22.4. The number of nitrogens with one attached hydrogen (secondary N) is 1. The number of imidazole rings is 1. The molecule has 26 heteroatoms. The van der Waals surface area contributed by atoms with Crippen LogP contribution >= 0.6 is 26.0 Å². The van der Waals surface area contributed by atoms with E-state index < -0.39 is 94.3 Å². The molecule has 0 saturated carbocycles. The van der Waals surface area contributed by atoms with Crippen molar-refractivity contribution in [1.82, 2.24) is 29.1 Å². The minimum atomic E-state index is -5.26. The van der Waals surface area contributed by atoms with Crippen LogP contribution in [-0.4, -0.2) is 97.0 Å². The van der Waals surface area contributed by atoms with E-state index in [1.165, 1.54) is 31.4 Å². The van der Waals surface area contributed by atoms with Crippen molar-refractivity contribution in [1.29, 1.82) is 0 Å². The zero-order valence-electron chi connectivity index (χ0n) is 30.8. The molecule has 21 nitrogen and oxygen atoms in total. The number of hydrogen-bond donors (Lipinski definition) is 3. The Morgan fingerprint density at radius 2 is 1.63 bits per heavy atom. The molecule has 2 aromatic carbocycles. The number of anilines is 1. The number of phosphoric acid groups is 1. The number of alkyl halides is 2. The maximum Gasteiger partial charge on any atom is 0.472 e. The fourth-order valence-electron chi connectivity index (χ4n) is 6.49. The average molecular weight is 896 g/mol. The second-order valence-electron chi connectivity index (χ2n) is 13.3. The smallest absolute Gasteiger partial charge is 0.472 e. The Hall–Kier alpha value is -4.87. The van der Waals surface area contributed by atoms with Gasteiger partial charge in [0.2, 0.25) is 0 Å². The van der Waals surface area contributed by atoms with E-state index in [9.17, 15) is 28.4 Å². The quantitative estimate of drug-likeness (QED) is 0.114. The van der Waals surface area contributed by atoms with E-state index in [1.807, 2.05) is 4.98 Å². The summed E-state index contributed by atoms with van der Waals surface area (Å²) in [5, 5.41) is 0. The summed E-state index contributed by atoms with van der Waals surface area (Å²) in [6.45, 7) is -6.53. The number of carbonyl (C=O) groups excluding carboxylic acids is 1. The molecule has 6 heterocycles. The van der Waals surface area contributed by atoms with Crippen LogP contribution in [0, 0.1) is 0 Å². The lowest BCUT2D eigenvalue weighted by Gasteiger charge is -2.27. The number of hydrogen-bond acceptors (Lipinski definition) is 18. The van der Waals surface area contributed by atoms with Gasteiger partial charge < -0.3 is 29.6 Å². The number of ether oxygens (including phenoxy) is 4. The van der Waals surface area contributed by atoms with Gasteiger partial charge in [0.05, 0.1) is 32.2 Å². The predicted octanol–water partition coefficient (Wildman–Crippen LogP) is 3.62. The number of rotatable bonds is 8. The van der Waals surface area contributed by atoms with E-state index in [4.69, 9.17) is 42.8 Å². The first-order valence-electron chi connectivity index (χ1n) is 17.7. The van der Waals surface area contributed by atoms with Crippen LogP contribution in [0.3, 0.4) is 0 Å². The van der Waals surface area contributed by atoms with Crippen molar-refractivity contribution in [3.63, 3.8) is 0 Å². The summed E-state index contributed by atoms with van der Waals surface area (Å²) in [6.07, 6.45) is -11.9. The van der Waals surface area contributed by atoms with Gasteiger partial charge in [0.25, 0.3) is 5.56 Å². The number of esters is 1. The standard InChI is InChI=1S/C34H33F2N7O14P2S/c1-50-19-8-4-18(5-9-19)33(45)53-20-6-2-17(3-7-20)14-60-59(49)52-13-22-27(25(36)31(55-22)43-16-40-26-29(37)38-15-39-30(26)43)56-58(47,48)51-12-21-24(35)28(57-59)32(54-21)42-11-10-23(44)41-34(42)46/h2-11,15-16,21-22,24-25,27-28,31-32H,12-14H2,1H3,(H,47,48)(H2,37,38,39)(H,41,44,46)/t21-,22-,24-,25-,27-,28-,31-,32-,59?/m1/s1. The fourth-order valence-corrected chi connectivity index (χ4v) is 10.8. The Bertz CT molecular complexity index is 2600. The monoisotopic (exact) mass is 895 g/mol. The third kappa shape index (κ3) is 8.66. The Morgan fingerprint density at radius 3 is 2.37 bits per heavy atom. The maximum absolute atomic E-state index is 16.4. The van der Waals surface area contributed by atoms with Gasteiger partial charge in [-0.2, -0.15) is 0 Å². The molecule has 4 N–H and O–H groups in total. The van der Waals surface area contributed by atoms with E-state index in [0.717, 1.165) is 34.1 Å². The van der Waals surface area contributed by atoms with Gasteiger partial charge in [-0.1, -0.05) is 12.1 Å². The van der Waals surface area contributed by atoms with Crippen molar-refractivity contribution in [2.45, 2.75) is 55.0 Å². The molecule has 10 atom stereocenters. The number of benzene rings is 2. The number of halogens is 2. The van der Waals surface area contributed by atoms with E-state index in [2.05, 4.69) is 15.0 Å². The summed E-state index contributed by atoms with van der Waals surface area (Å²) in [5.74, 6) is -0.0718. The van der Waals surface area contributed by atoms with Crippen LogP contribution in [0.5, 0.6) is 11.5 Å². The van der Waals surface area contributed by atoms with Crippen molar-refractivity contribution in [3.8, 4) is 11.5 Å². The van der Waals surface area contributed by atoms with Crippen LogP contribution in [0.15, 0.2) is 83.0 Å². The highest BCUT2D eigenvalue weighted by Gasteiger charge is 2.55. The first kappa shape index (κ1) is 41.8. The van der Waals surface area contributed by atoms with Gasteiger partial charge in [0.1, 0.15) is 47.8 Å². The van der Waals surface area contributed by atoms with Crippen molar-refractivity contribution in [2.24, 2.45) is 0 Å².